The molecular weight excluding hydrogens is 330 g/mol. The number of hydrogen-bond donors (Lipinski definition) is 0. The zero-order valence-corrected chi connectivity index (χ0v) is 15.6. The van der Waals surface area contributed by atoms with Gasteiger partial charge in [-0.05, 0) is 51.0 Å². The van der Waals surface area contributed by atoms with Gasteiger partial charge in [0.15, 0.2) is 6.61 Å². The molecule has 0 bridgehead atoms. The second-order valence-electron chi connectivity index (χ2n) is 7.28. The fourth-order valence-corrected chi connectivity index (χ4v) is 3.94. The van der Waals surface area contributed by atoms with E-state index in [1.807, 2.05) is 4.90 Å². The predicted molar refractivity (Wildman–Crippen MR) is 97.8 cm³/mol. The normalized spacial score (nSPS) is 26.5. The molecule has 1 amide bonds. The number of nitriles is 1. The van der Waals surface area contributed by atoms with Gasteiger partial charge in [-0.15, -0.1) is 0 Å². The number of carbonyl (C=O) groups is 1. The molecule has 26 heavy (non-hydrogen) atoms. The molecule has 0 N–H and O–H groups in total. The zero-order chi connectivity index (χ0) is 18.5. The maximum atomic E-state index is 12.6. The van der Waals surface area contributed by atoms with E-state index in [-0.39, 0.29) is 30.8 Å². The van der Waals surface area contributed by atoms with Crippen LogP contribution in [0.2, 0.25) is 0 Å². The Bertz CT molecular complexity index is 645. The van der Waals surface area contributed by atoms with Gasteiger partial charge in [0.2, 0.25) is 0 Å². The second-order valence-corrected chi connectivity index (χ2v) is 7.28. The van der Waals surface area contributed by atoms with Crippen LogP contribution in [0.25, 0.3) is 0 Å². The number of rotatable bonds is 5. The largest absolute Gasteiger partial charge is 0.484 e. The van der Waals surface area contributed by atoms with Crippen molar-refractivity contribution in [2.24, 2.45) is 0 Å². The molecule has 2 aliphatic heterocycles. The van der Waals surface area contributed by atoms with Crippen molar-refractivity contribution in [2.45, 2.75) is 44.9 Å². The van der Waals surface area contributed by atoms with Gasteiger partial charge in [-0.2, -0.15) is 5.26 Å². The van der Waals surface area contributed by atoms with E-state index in [2.05, 4.69) is 24.8 Å². The van der Waals surface area contributed by atoms with Crippen LogP contribution in [0.5, 0.6) is 5.75 Å². The lowest BCUT2D eigenvalue weighted by Crippen LogP contribution is -2.51. The van der Waals surface area contributed by atoms with Crippen LogP contribution in [-0.2, 0) is 9.53 Å². The topological polar surface area (TPSA) is 65.8 Å². The Labute approximate surface area is 155 Å². The molecule has 0 spiro atoms. The highest BCUT2D eigenvalue weighted by molar-refractivity contribution is 5.78. The number of morpholine rings is 1. The number of likely N-dealkylation sites (tertiary alicyclic amines) is 1. The summed E-state index contributed by atoms with van der Waals surface area (Å²) in [6.45, 7) is 7.79. The number of benzene rings is 1. The first-order valence-corrected chi connectivity index (χ1v) is 9.35. The van der Waals surface area contributed by atoms with Crippen LogP contribution in [0.3, 0.4) is 0 Å². The first-order valence-electron chi connectivity index (χ1n) is 9.35. The van der Waals surface area contributed by atoms with Crippen molar-refractivity contribution in [1.82, 2.24) is 9.80 Å². The summed E-state index contributed by atoms with van der Waals surface area (Å²) < 4.78 is 11.4. The fourth-order valence-electron chi connectivity index (χ4n) is 3.94. The molecule has 6 heteroatoms. The first-order chi connectivity index (χ1) is 12.5. The van der Waals surface area contributed by atoms with Crippen molar-refractivity contribution >= 4 is 5.91 Å². The molecule has 1 aromatic carbocycles. The van der Waals surface area contributed by atoms with E-state index in [0.29, 0.717) is 11.3 Å². The van der Waals surface area contributed by atoms with Crippen LogP contribution in [0.15, 0.2) is 24.3 Å². The minimum atomic E-state index is 0.0335. The smallest absolute Gasteiger partial charge is 0.260 e. The van der Waals surface area contributed by atoms with Gasteiger partial charge in [-0.25, -0.2) is 0 Å². The van der Waals surface area contributed by atoms with E-state index in [0.717, 1.165) is 39.0 Å². The number of carbonyl (C=O) groups excluding carboxylic acids is 1. The van der Waals surface area contributed by atoms with Crippen LogP contribution >= 0.6 is 0 Å². The Morgan fingerprint density at radius 2 is 1.96 bits per heavy atom. The maximum absolute atomic E-state index is 12.6. The van der Waals surface area contributed by atoms with E-state index < -0.39 is 0 Å². The van der Waals surface area contributed by atoms with Crippen molar-refractivity contribution in [3.05, 3.63) is 29.8 Å². The van der Waals surface area contributed by atoms with Crippen LogP contribution in [0.1, 0.15) is 32.3 Å². The molecule has 0 saturated carbocycles. The number of nitrogens with zero attached hydrogens (tertiary/aromatic N) is 3. The number of hydrogen-bond acceptors (Lipinski definition) is 5. The monoisotopic (exact) mass is 357 g/mol. The molecule has 2 saturated heterocycles. The van der Waals surface area contributed by atoms with Gasteiger partial charge in [-0.3, -0.25) is 9.69 Å². The Morgan fingerprint density at radius 1 is 1.27 bits per heavy atom. The molecule has 0 aliphatic carbocycles. The van der Waals surface area contributed by atoms with Gasteiger partial charge < -0.3 is 14.4 Å². The van der Waals surface area contributed by atoms with Crippen molar-refractivity contribution in [3.63, 3.8) is 0 Å². The minimum Gasteiger partial charge on any atom is -0.484 e. The average Bonchev–Trinajstić information content (AvgIpc) is 3.07. The van der Waals surface area contributed by atoms with Crippen LogP contribution in [0, 0.1) is 11.3 Å². The number of amides is 1. The lowest BCUT2D eigenvalue weighted by molar-refractivity contribution is -0.135. The average molecular weight is 357 g/mol. The van der Waals surface area contributed by atoms with E-state index >= 15 is 0 Å². The Morgan fingerprint density at radius 3 is 2.62 bits per heavy atom. The fraction of sp³-hybridized carbons (Fsp3) is 0.600. The molecule has 0 radical (unpaired) electrons. The van der Waals surface area contributed by atoms with Gasteiger partial charge in [0, 0.05) is 32.2 Å². The first kappa shape index (κ1) is 18.7. The highest BCUT2D eigenvalue weighted by Crippen LogP contribution is 2.21. The van der Waals surface area contributed by atoms with E-state index in [9.17, 15) is 4.79 Å². The van der Waals surface area contributed by atoms with Crippen molar-refractivity contribution in [3.8, 4) is 11.8 Å². The van der Waals surface area contributed by atoms with Gasteiger partial charge in [-0.1, -0.05) is 0 Å². The van der Waals surface area contributed by atoms with Crippen LogP contribution in [-0.4, -0.2) is 66.7 Å². The zero-order valence-electron chi connectivity index (χ0n) is 15.6. The summed E-state index contributed by atoms with van der Waals surface area (Å²) in [5, 5.41) is 8.82. The van der Waals surface area contributed by atoms with Crippen LogP contribution in [0.4, 0.5) is 0 Å². The summed E-state index contributed by atoms with van der Waals surface area (Å²) in [4.78, 5) is 17.0. The van der Waals surface area contributed by atoms with Crippen molar-refractivity contribution in [2.75, 3.05) is 32.8 Å². The lowest BCUT2D eigenvalue weighted by atomic mass is 10.1. The van der Waals surface area contributed by atoms with Gasteiger partial charge in [0.25, 0.3) is 5.91 Å². The van der Waals surface area contributed by atoms with E-state index in [1.54, 1.807) is 24.3 Å². The highest BCUT2D eigenvalue weighted by Gasteiger charge is 2.32. The standard InChI is InChI=1S/C20H27N3O3/c1-15-11-22(12-16(2)26-15)13-18-4-3-9-23(18)20(24)14-25-19-7-5-17(10-21)6-8-19/h5-8,15-16,18H,3-4,9,11-14H2,1-2H3. The third-order valence-electron chi connectivity index (χ3n) is 5.01. The molecule has 140 valence electrons. The van der Waals surface area contributed by atoms with Crippen molar-refractivity contribution < 1.29 is 14.3 Å². The summed E-state index contributed by atoms with van der Waals surface area (Å²) in [7, 11) is 0. The summed E-state index contributed by atoms with van der Waals surface area (Å²) in [6.07, 6.45) is 2.57. The third-order valence-corrected chi connectivity index (χ3v) is 5.01. The Hall–Kier alpha value is -2.10. The number of ether oxygens (including phenoxy) is 2. The summed E-state index contributed by atoms with van der Waals surface area (Å²) in [5.41, 5.74) is 0.581. The molecule has 3 atom stereocenters. The molecule has 0 aromatic heterocycles. The predicted octanol–water partition coefficient (Wildman–Crippen LogP) is 2.04. The second kappa shape index (κ2) is 8.52. The van der Waals surface area contributed by atoms with Gasteiger partial charge in [0.1, 0.15) is 5.75 Å². The maximum Gasteiger partial charge on any atom is 0.260 e. The van der Waals surface area contributed by atoms with Crippen molar-refractivity contribution in [1.29, 1.82) is 5.26 Å². The SMILES string of the molecule is CC1CN(CC2CCCN2C(=O)COc2ccc(C#N)cc2)CC(C)O1. The highest BCUT2D eigenvalue weighted by atomic mass is 16.5. The summed E-state index contributed by atoms with van der Waals surface area (Å²) >= 11 is 0. The molecule has 2 fully saturated rings. The Balaban J connectivity index is 1.51. The van der Waals surface area contributed by atoms with E-state index in [1.165, 1.54) is 0 Å². The quantitative estimate of drug-likeness (QED) is 0.807. The lowest BCUT2D eigenvalue weighted by Gasteiger charge is -2.38. The summed E-state index contributed by atoms with van der Waals surface area (Å²) in [6, 6.07) is 9.16. The Kier molecular flexibility index (Phi) is 6.12. The third kappa shape index (κ3) is 4.75. The molecule has 6 nitrogen and oxygen atoms in total. The molecule has 2 aliphatic rings. The van der Waals surface area contributed by atoms with Gasteiger partial charge in [0.05, 0.1) is 23.8 Å². The minimum absolute atomic E-state index is 0.0335. The summed E-state index contributed by atoms with van der Waals surface area (Å²) in [5.74, 6) is 0.648. The molecule has 2 heterocycles. The van der Waals surface area contributed by atoms with Crippen LogP contribution < -0.4 is 4.74 Å². The molecule has 3 unspecified atom stereocenters. The van der Waals surface area contributed by atoms with E-state index in [4.69, 9.17) is 14.7 Å². The molecule has 1 aromatic rings. The molecular formula is C20H27N3O3. The van der Waals surface area contributed by atoms with Gasteiger partial charge >= 0.3 is 0 Å². The molecule has 3 rings (SSSR count).